The largest absolute Gasteiger partial charge is 0.335 e. The smallest absolute Gasteiger partial charge is 0.223 e. The van der Waals surface area contributed by atoms with E-state index in [9.17, 15) is 4.79 Å². The summed E-state index contributed by atoms with van der Waals surface area (Å²) in [4.78, 5) is 13.4. The van der Waals surface area contributed by atoms with Crippen molar-refractivity contribution < 1.29 is 4.79 Å². The molecule has 0 saturated carbocycles. The molecule has 1 saturated heterocycles. The minimum absolute atomic E-state index is 0.0885. The summed E-state index contributed by atoms with van der Waals surface area (Å²) in [6.07, 6.45) is 1.73. The summed E-state index contributed by atoms with van der Waals surface area (Å²) >= 11 is 0. The van der Waals surface area contributed by atoms with Crippen molar-refractivity contribution in [3.05, 3.63) is 0 Å². The van der Waals surface area contributed by atoms with E-state index in [0.717, 1.165) is 12.8 Å². The van der Waals surface area contributed by atoms with Crippen LogP contribution in [-0.2, 0) is 4.79 Å². The lowest BCUT2D eigenvalue weighted by Crippen LogP contribution is -2.45. The Bertz CT molecular complexity index is 172. The number of rotatable bonds is 1. The van der Waals surface area contributed by atoms with Crippen LogP contribution in [0.15, 0.2) is 0 Å². The van der Waals surface area contributed by atoms with E-state index in [4.69, 9.17) is 0 Å². The molecule has 1 fully saturated rings. The molecule has 0 aromatic carbocycles. The molecule has 2 nitrogen and oxygen atoms in total. The van der Waals surface area contributed by atoms with Crippen LogP contribution in [-0.4, -0.2) is 22.4 Å². The zero-order chi connectivity index (χ0) is 8.65. The molecule has 0 bridgehead atoms. The van der Waals surface area contributed by atoms with E-state index >= 15 is 0 Å². The Kier molecular flexibility index (Phi) is 1.95. The van der Waals surface area contributed by atoms with Crippen molar-refractivity contribution in [3.8, 4) is 0 Å². The molecule has 0 aromatic heterocycles. The Labute approximate surface area is 68.6 Å². The third-order valence-corrected chi connectivity index (χ3v) is 2.39. The van der Waals surface area contributed by atoms with Crippen LogP contribution >= 0.6 is 0 Å². The molecular formula is C9H17NO. The molecule has 2 heteroatoms. The van der Waals surface area contributed by atoms with Crippen molar-refractivity contribution in [2.24, 2.45) is 0 Å². The monoisotopic (exact) mass is 155 g/mol. The van der Waals surface area contributed by atoms with Gasteiger partial charge in [0.25, 0.3) is 0 Å². The lowest BCUT2D eigenvalue weighted by atomic mass is 10.0. The van der Waals surface area contributed by atoms with Crippen molar-refractivity contribution in [1.82, 2.24) is 4.90 Å². The van der Waals surface area contributed by atoms with Gasteiger partial charge in [-0.15, -0.1) is 0 Å². The van der Waals surface area contributed by atoms with E-state index in [1.165, 1.54) is 0 Å². The quantitative estimate of drug-likeness (QED) is 0.565. The van der Waals surface area contributed by atoms with Crippen molar-refractivity contribution >= 4 is 5.91 Å². The highest BCUT2D eigenvalue weighted by Gasteiger charge is 2.38. The lowest BCUT2D eigenvalue weighted by Gasteiger charge is -2.35. The molecule has 1 aliphatic rings. The standard InChI is InChI=1S/C9H17NO/c1-7(2)10-8(11)5-6-9(10,3)4/h7H,5-6H2,1-4H3. The van der Waals surface area contributed by atoms with Gasteiger partial charge in [-0.2, -0.15) is 0 Å². The SMILES string of the molecule is CC(C)N1C(=O)CCC1(C)C. The highest BCUT2D eigenvalue weighted by Crippen LogP contribution is 2.30. The van der Waals surface area contributed by atoms with Gasteiger partial charge in [0.05, 0.1) is 0 Å². The molecule has 0 spiro atoms. The first kappa shape index (κ1) is 8.57. The average Bonchev–Trinajstić information content (AvgIpc) is 2.06. The minimum atomic E-state index is 0.0885. The van der Waals surface area contributed by atoms with Gasteiger partial charge in [0.2, 0.25) is 5.91 Å². The third-order valence-electron chi connectivity index (χ3n) is 2.39. The van der Waals surface area contributed by atoms with Crippen LogP contribution in [0.4, 0.5) is 0 Å². The molecule has 0 aliphatic carbocycles. The molecule has 1 heterocycles. The second kappa shape index (κ2) is 2.50. The van der Waals surface area contributed by atoms with Crippen LogP contribution in [0.2, 0.25) is 0 Å². The van der Waals surface area contributed by atoms with Crippen molar-refractivity contribution in [2.75, 3.05) is 0 Å². The summed E-state index contributed by atoms with van der Waals surface area (Å²) < 4.78 is 0. The first-order valence-corrected chi connectivity index (χ1v) is 4.27. The zero-order valence-corrected chi connectivity index (χ0v) is 7.85. The van der Waals surface area contributed by atoms with Gasteiger partial charge in [-0.3, -0.25) is 4.79 Å². The summed E-state index contributed by atoms with van der Waals surface area (Å²) in [5.41, 5.74) is 0.0885. The second-order valence-electron chi connectivity index (χ2n) is 4.17. The third kappa shape index (κ3) is 1.39. The molecule has 1 amide bonds. The number of hydrogen-bond donors (Lipinski definition) is 0. The Morgan fingerprint density at radius 3 is 2.18 bits per heavy atom. The first-order chi connectivity index (χ1) is 4.95. The number of carbonyl (C=O) groups excluding carboxylic acids is 1. The van der Waals surface area contributed by atoms with Crippen LogP contribution in [0.25, 0.3) is 0 Å². The van der Waals surface area contributed by atoms with Gasteiger partial charge in [-0.1, -0.05) is 0 Å². The molecule has 1 rings (SSSR count). The minimum Gasteiger partial charge on any atom is -0.335 e. The van der Waals surface area contributed by atoms with Crippen LogP contribution in [0.3, 0.4) is 0 Å². The molecule has 0 atom stereocenters. The van der Waals surface area contributed by atoms with Crippen molar-refractivity contribution in [3.63, 3.8) is 0 Å². The van der Waals surface area contributed by atoms with Crippen molar-refractivity contribution in [1.29, 1.82) is 0 Å². The summed E-state index contributed by atoms with van der Waals surface area (Å²) in [5.74, 6) is 0.310. The molecule has 11 heavy (non-hydrogen) atoms. The van der Waals surface area contributed by atoms with E-state index < -0.39 is 0 Å². The van der Waals surface area contributed by atoms with Crippen LogP contribution in [0.5, 0.6) is 0 Å². The number of hydrogen-bond acceptors (Lipinski definition) is 1. The molecular weight excluding hydrogens is 138 g/mol. The van der Waals surface area contributed by atoms with Gasteiger partial charge >= 0.3 is 0 Å². The molecule has 0 N–H and O–H groups in total. The van der Waals surface area contributed by atoms with E-state index in [1.807, 2.05) is 4.90 Å². The van der Waals surface area contributed by atoms with E-state index in [0.29, 0.717) is 11.9 Å². The zero-order valence-electron chi connectivity index (χ0n) is 7.85. The fraction of sp³-hybridized carbons (Fsp3) is 0.889. The molecule has 64 valence electrons. The topological polar surface area (TPSA) is 20.3 Å². The van der Waals surface area contributed by atoms with Gasteiger partial charge in [0, 0.05) is 18.0 Å². The van der Waals surface area contributed by atoms with Gasteiger partial charge in [-0.05, 0) is 34.1 Å². The number of likely N-dealkylation sites (tertiary alicyclic amines) is 1. The Hall–Kier alpha value is -0.530. The van der Waals surface area contributed by atoms with Gasteiger partial charge in [0.1, 0.15) is 0 Å². The molecule has 0 aromatic rings. The predicted molar refractivity (Wildman–Crippen MR) is 45.3 cm³/mol. The van der Waals surface area contributed by atoms with E-state index in [-0.39, 0.29) is 5.54 Å². The highest BCUT2D eigenvalue weighted by molar-refractivity contribution is 5.79. The predicted octanol–water partition coefficient (Wildman–Crippen LogP) is 1.80. The van der Waals surface area contributed by atoms with Crippen LogP contribution in [0.1, 0.15) is 40.5 Å². The summed E-state index contributed by atoms with van der Waals surface area (Å²) in [6.45, 7) is 8.42. The summed E-state index contributed by atoms with van der Waals surface area (Å²) in [6, 6.07) is 0.347. The number of amides is 1. The number of carbonyl (C=O) groups is 1. The fourth-order valence-electron chi connectivity index (χ4n) is 1.98. The fourth-order valence-corrected chi connectivity index (χ4v) is 1.98. The normalized spacial score (nSPS) is 23.4. The Balaban J connectivity index is 2.80. The highest BCUT2D eigenvalue weighted by atomic mass is 16.2. The first-order valence-electron chi connectivity index (χ1n) is 4.27. The maximum atomic E-state index is 11.4. The summed E-state index contributed by atoms with van der Waals surface area (Å²) in [5, 5.41) is 0. The molecule has 0 radical (unpaired) electrons. The number of nitrogens with zero attached hydrogens (tertiary/aromatic N) is 1. The Morgan fingerprint density at radius 1 is 1.45 bits per heavy atom. The van der Waals surface area contributed by atoms with Crippen LogP contribution < -0.4 is 0 Å². The maximum Gasteiger partial charge on any atom is 0.223 e. The maximum absolute atomic E-state index is 11.4. The molecule has 1 aliphatic heterocycles. The van der Waals surface area contributed by atoms with E-state index in [1.54, 1.807) is 0 Å². The van der Waals surface area contributed by atoms with Gasteiger partial charge < -0.3 is 4.90 Å². The second-order valence-corrected chi connectivity index (χ2v) is 4.17. The van der Waals surface area contributed by atoms with Gasteiger partial charge in [0.15, 0.2) is 0 Å². The lowest BCUT2D eigenvalue weighted by molar-refractivity contribution is -0.132. The van der Waals surface area contributed by atoms with E-state index in [2.05, 4.69) is 27.7 Å². The summed E-state index contributed by atoms with van der Waals surface area (Å²) in [7, 11) is 0. The molecule has 0 unspecified atom stereocenters. The average molecular weight is 155 g/mol. The van der Waals surface area contributed by atoms with Crippen LogP contribution in [0, 0.1) is 0 Å². The van der Waals surface area contributed by atoms with Gasteiger partial charge in [-0.25, -0.2) is 0 Å². The Morgan fingerprint density at radius 2 is 2.00 bits per heavy atom. The van der Waals surface area contributed by atoms with Crippen molar-refractivity contribution in [2.45, 2.75) is 52.1 Å².